The number of carbonyl (C=O) groups excluding carboxylic acids is 3. The minimum absolute atomic E-state index is 0.241. The van der Waals surface area contributed by atoms with Crippen LogP contribution in [0.5, 0.6) is 0 Å². The van der Waals surface area contributed by atoms with Crippen LogP contribution in [0.15, 0.2) is 61.2 Å². The van der Waals surface area contributed by atoms with Gasteiger partial charge in [-0.15, -0.1) is 0 Å². The molecule has 9 heteroatoms. The standard InChI is InChI=1S/C20H18N4O5/c1-28-19(26)15-4-2-14(3-5-15)10-22-18(25)11-29-20(27)16-6-8-17(9-7-16)24-13-21-12-23-24/h2-9,12-13H,10-11H2,1H3,(H,22,25). The van der Waals surface area contributed by atoms with Crippen LogP contribution in [-0.2, 0) is 20.8 Å². The molecule has 0 radical (unpaired) electrons. The molecule has 3 aromatic rings. The van der Waals surface area contributed by atoms with Crippen molar-refractivity contribution in [3.63, 3.8) is 0 Å². The number of hydrogen-bond acceptors (Lipinski definition) is 7. The highest BCUT2D eigenvalue weighted by Crippen LogP contribution is 2.09. The van der Waals surface area contributed by atoms with E-state index in [0.717, 1.165) is 11.3 Å². The quantitative estimate of drug-likeness (QED) is 0.605. The van der Waals surface area contributed by atoms with Gasteiger partial charge in [-0.05, 0) is 42.0 Å². The van der Waals surface area contributed by atoms with Crippen molar-refractivity contribution in [1.82, 2.24) is 20.1 Å². The number of rotatable bonds is 7. The van der Waals surface area contributed by atoms with E-state index in [-0.39, 0.29) is 6.54 Å². The number of carbonyl (C=O) groups is 3. The van der Waals surface area contributed by atoms with E-state index < -0.39 is 24.5 Å². The molecule has 148 valence electrons. The summed E-state index contributed by atoms with van der Waals surface area (Å²) < 4.78 is 11.2. The lowest BCUT2D eigenvalue weighted by Crippen LogP contribution is -2.28. The van der Waals surface area contributed by atoms with Gasteiger partial charge in [-0.1, -0.05) is 12.1 Å². The van der Waals surface area contributed by atoms with Crippen LogP contribution in [0.25, 0.3) is 5.69 Å². The Kier molecular flexibility index (Phi) is 6.31. The van der Waals surface area contributed by atoms with Crippen molar-refractivity contribution in [3.8, 4) is 5.69 Å². The summed E-state index contributed by atoms with van der Waals surface area (Å²) in [6.45, 7) is -0.158. The largest absolute Gasteiger partial charge is 0.465 e. The topological polar surface area (TPSA) is 112 Å². The maximum atomic E-state index is 12.1. The average Bonchev–Trinajstić information content (AvgIpc) is 3.31. The van der Waals surface area contributed by atoms with E-state index in [1.807, 2.05) is 0 Å². The Morgan fingerprint density at radius 3 is 2.24 bits per heavy atom. The third-order valence-corrected chi connectivity index (χ3v) is 3.99. The summed E-state index contributed by atoms with van der Waals surface area (Å²) in [5.41, 5.74) is 2.28. The van der Waals surface area contributed by atoms with Gasteiger partial charge in [0.15, 0.2) is 6.61 Å². The molecule has 1 heterocycles. The van der Waals surface area contributed by atoms with Crippen LogP contribution < -0.4 is 5.32 Å². The van der Waals surface area contributed by atoms with Gasteiger partial charge in [0.25, 0.3) is 5.91 Å². The lowest BCUT2D eigenvalue weighted by molar-refractivity contribution is -0.124. The lowest BCUT2D eigenvalue weighted by atomic mass is 10.1. The molecular formula is C20H18N4O5. The Balaban J connectivity index is 1.45. The van der Waals surface area contributed by atoms with E-state index in [4.69, 9.17) is 4.74 Å². The number of methoxy groups -OCH3 is 1. The predicted octanol–water partition coefficient (Wildman–Crippen LogP) is 1.53. The highest BCUT2D eigenvalue weighted by atomic mass is 16.5. The fourth-order valence-electron chi connectivity index (χ4n) is 2.43. The van der Waals surface area contributed by atoms with E-state index in [1.54, 1.807) is 59.5 Å². The van der Waals surface area contributed by atoms with E-state index in [2.05, 4.69) is 20.1 Å². The third kappa shape index (κ3) is 5.25. The van der Waals surface area contributed by atoms with Gasteiger partial charge in [0.1, 0.15) is 12.7 Å². The van der Waals surface area contributed by atoms with E-state index in [1.165, 1.54) is 13.4 Å². The molecule has 0 aliphatic rings. The number of nitrogens with zero attached hydrogens (tertiary/aromatic N) is 3. The zero-order valence-electron chi connectivity index (χ0n) is 15.6. The van der Waals surface area contributed by atoms with E-state index >= 15 is 0 Å². The van der Waals surface area contributed by atoms with Crippen LogP contribution in [0.1, 0.15) is 26.3 Å². The highest BCUT2D eigenvalue weighted by Gasteiger charge is 2.11. The van der Waals surface area contributed by atoms with Gasteiger partial charge < -0.3 is 14.8 Å². The van der Waals surface area contributed by atoms with Crippen LogP contribution in [0.4, 0.5) is 0 Å². The molecule has 2 aromatic carbocycles. The zero-order chi connectivity index (χ0) is 20.6. The van der Waals surface area contributed by atoms with Gasteiger partial charge in [-0.25, -0.2) is 19.3 Å². The van der Waals surface area contributed by atoms with Crippen molar-refractivity contribution in [2.45, 2.75) is 6.54 Å². The summed E-state index contributed by atoms with van der Waals surface area (Å²) >= 11 is 0. The number of hydrogen-bond donors (Lipinski definition) is 1. The number of amides is 1. The van der Waals surface area contributed by atoms with Crippen LogP contribution >= 0.6 is 0 Å². The fraction of sp³-hybridized carbons (Fsp3) is 0.150. The summed E-state index contributed by atoms with van der Waals surface area (Å²) in [6.07, 6.45) is 2.95. The first-order valence-electron chi connectivity index (χ1n) is 8.63. The summed E-state index contributed by atoms with van der Waals surface area (Å²) in [5.74, 6) is -1.47. The van der Waals surface area contributed by atoms with Gasteiger partial charge >= 0.3 is 11.9 Å². The van der Waals surface area contributed by atoms with Crippen LogP contribution in [0.3, 0.4) is 0 Å². The van der Waals surface area contributed by atoms with E-state index in [0.29, 0.717) is 11.1 Å². The molecule has 0 unspecified atom stereocenters. The van der Waals surface area contributed by atoms with E-state index in [9.17, 15) is 14.4 Å². The number of benzene rings is 2. The molecule has 0 aliphatic carbocycles. The first-order chi connectivity index (χ1) is 14.1. The summed E-state index contributed by atoms with van der Waals surface area (Å²) in [5, 5.41) is 6.64. The van der Waals surface area contributed by atoms with Crippen molar-refractivity contribution in [3.05, 3.63) is 77.9 Å². The predicted molar refractivity (Wildman–Crippen MR) is 101 cm³/mol. The molecule has 0 aliphatic heterocycles. The Bertz CT molecular complexity index is 983. The molecule has 3 rings (SSSR count). The molecule has 1 amide bonds. The molecule has 0 bridgehead atoms. The van der Waals surface area contributed by atoms with Crippen molar-refractivity contribution in [2.24, 2.45) is 0 Å². The molecule has 1 aromatic heterocycles. The first-order valence-corrected chi connectivity index (χ1v) is 8.63. The zero-order valence-corrected chi connectivity index (χ0v) is 15.6. The molecule has 0 fully saturated rings. The first kappa shape index (κ1) is 19.7. The average molecular weight is 394 g/mol. The smallest absolute Gasteiger partial charge is 0.338 e. The van der Waals surface area contributed by atoms with Gasteiger partial charge in [0.05, 0.1) is 23.9 Å². The summed E-state index contributed by atoms with van der Waals surface area (Å²) in [7, 11) is 1.31. The normalized spacial score (nSPS) is 10.2. The third-order valence-electron chi connectivity index (χ3n) is 3.99. The number of nitrogens with one attached hydrogen (secondary N) is 1. The second-order valence-corrected chi connectivity index (χ2v) is 5.93. The molecular weight excluding hydrogens is 376 g/mol. The molecule has 0 spiro atoms. The van der Waals surface area contributed by atoms with Crippen molar-refractivity contribution in [2.75, 3.05) is 13.7 Å². The van der Waals surface area contributed by atoms with Gasteiger partial charge in [0, 0.05) is 6.54 Å². The SMILES string of the molecule is COC(=O)c1ccc(CNC(=O)COC(=O)c2ccc(-n3cncn3)cc2)cc1. The molecule has 0 saturated heterocycles. The number of aromatic nitrogens is 3. The van der Waals surface area contributed by atoms with Crippen LogP contribution in [-0.4, -0.2) is 46.3 Å². The number of ether oxygens (including phenoxy) is 2. The molecule has 9 nitrogen and oxygen atoms in total. The van der Waals surface area contributed by atoms with Crippen LogP contribution in [0.2, 0.25) is 0 Å². The summed E-state index contributed by atoms with van der Waals surface area (Å²) in [6, 6.07) is 13.2. The highest BCUT2D eigenvalue weighted by molar-refractivity contribution is 5.91. The minimum Gasteiger partial charge on any atom is -0.465 e. The van der Waals surface area contributed by atoms with Crippen molar-refractivity contribution >= 4 is 17.8 Å². The molecule has 1 N–H and O–H groups in total. The summed E-state index contributed by atoms with van der Waals surface area (Å²) in [4.78, 5) is 39.2. The maximum Gasteiger partial charge on any atom is 0.338 e. The van der Waals surface area contributed by atoms with Gasteiger partial charge in [-0.3, -0.25) is 4.79 Å². The molecule has 0 atom stereocenters. The Labute approximate surface area is 166 Å². The lowest BCUT2D eigenvalue weighted by Gasteiger charge is -2.08. The fourth-order valence-corrected chi connectivity index (χ4v) is 2.43. The molecule has 29 heavy (non-hydrogen) atoms. The maximum absolute atomic E-state index is 12.1. The van der Waals surface area contributed by atoms with Crippen molar-refractivity contribution < 1.29 is 23.9 Å². The number of esters is 2. The Morgan fingerprint density at radius 1 is 0.966 bits per heavy atom. The second kappa shape index (κ2) is 9.27. The monoisotopic (exact) mass is 394 g/mol. The van der Waals surface area contributed by atoms with Crippen LogP contribution in [0, 0.1) is 0 Å². The van der Waals surface area contributed by atoms with Gasteiger partial charge in [-0.2, -0.15) is 5.10 Å². The minimum atomic E-state index is -0.604. The molecule has 0 saturated carbocycles. The Hall–Kier alpha value is -4.01. The Morgan fingerprint density at radius 2 is 1.62 bits per heavy atom. The van der Waals surface area contributed by atoms with Crippen molar-refractivity contribution in [1.29, 1.82) is 0 Å². The van der Waals surface area contributed by atoms with Gasteiger partial charge in [0.2, 0.25) is 0 Å². The second-order valence-electron chi connectivity index (χ2n) is 5.93.